The summed E-state index contributed by atoms with van der Waals surface area (Å²) in [6, 6.07) is 3.66. The average Bonchev–Trinajstić information content (AvgIpc) is 3.01. The van der Waals surface area contributed by atoms with E-state index in [9.17, 15) is 9.59 Å². The molecule has 1 unspecified atom stereocenters. The van der Waals surface area contributed by atoms with Gasteiger partial charge in [0.1, 0.15) is 5.76 Å². The number of hydrogen-bond acceptors (Lipinski definition) is 4. The van der Waals surface area contributed by atoms with E-state index in [2.05, 4.69) is 5.32 Å². The lowest BCUT2D eigenvalue weighted by Gasteiger charge is -2.33. The van der Waals surface area contributed by atoms with Crippen molar-refractivity contribution in [1.29, 1.82) is 0 Å². The summed E-state index contributed by atoms with van der Waals surface area (Å²) in [5, 5.41) is 3.18. The van der Waals surface area contributed by atoms with Crippen LogP contribution in [-0.4, -0.2) is 35.8 Å². The van der Waals surface area contributed by atoms with Gasteiger partial charge >= 0.3 is 0 Å². The van der Waals surface area contributed by atoms with Crippen LogP contribution in [0.3, 0.4) is 0 Å². The number of piperidine rings is 1. The third-order valence-corrected chi connectivity index (χ3v) is 3.72. The molecule has 0 bridgehead atoms. The third-order valence-electron chi connectivity index (χ3n) is 3.72. The summed E-state index contributed by atoms with van der Waals surface area (Å²) in [4.78, 5) is 25.7. The molecule has 5 heteroatoms. The van der Waals surface area contributed by atoms with Gasteiger partial charge in [-0.1, -0.05) is 0 Å². The predicted octanol–water partition coefficient (Wildman–Crippen LogP) is 0.874. The van der Waals surface area contributed by atoms with E-state index in [0.717, 1.165) is 25.3 Å². The van der Waals surface area contributed by atoms with Crippen molar-refractivity contribution in [1.82, 2.24) is 10.2 Å². The molecular formula is C13H16N2O3. The lowest BCUT2D eigenvalue weighted by atomic mass is 9.92. The van der Waals surface area contributed by atoms with Gasteiger partial charge < -0.3 is 9.73 Å². The largest absolute Gasteiger partial charge is 0.469 e. The Balaban J connectivity index is 1.75. The van der Waals surface area contributed by atoms with Gasteiger partial charge in [0.05, 0.1) is 12.3 Å². The molecule has 1 atom stereocenters. The fourth-order valence-electron chi connectivity index (χ4n) is 2.82. The standard InChI is InChI=1S/C13H16N2O3/c16-12-6-9(11-2-1-5-18-11)7-13(17)15(12)10-3-4-14-8-10/h1-2,5,9-10,14H,3-4,6-8H2. The number of likely N-dealkylation sites (tertiary alicyclic amines) is 1. The van der Waals surface area contributed by atoms with E-state index in [1.807, 2.05) is 6.07 Å². The Bertz CT molecular complexity index is 431. The van der Waals surface area contributed by atoms with Crippen molar-refractivity contribution in [3.8, 4) is 0 Å². The van der Waals surface area contributed by atoms with Gasteiger partial charge in [0.25, 0.3) is 0 Å². The quantitative estimate of drug-likeness (QED) is 0.789. The van der Waals surface area contributed by atoms with Crippen LogP contribution < -0.4 is 5.32 Å². The third kappa shape index (κ3) is 1.95. The second kappa shape index (κ2) is 4.57. The Morgan fingerprint density at radius 3 is 2.61 bits per heavy atom. The number of rotatable bonds is 2. The van der Waals surface area contributed by atoms with Crippen LogP contribution in [0.15, 0.2) is 22.8 Å². The van der Waals surface area contributed by atoms with Crippen molar-refractivity contribution in [3.05, 3.63) is 24.2 Å². The van der Waals surface area contributed by atoms with Crippen LogP contribution in [0, 0.1) is 0 Å². The monoisotopic (exact) mass is 248 g/mol. The number of carbonyl (C=O) groups is 2. The van der Waals surface area contributed by atoms with Gasteiger partial charge in [-0.25, -0.2) is 0 Å². The number of hydrogen-bond donors (Lipinski definition) is 1. The van der Waals surface area contributed by atoms with Crippen LogP contribution in [-0.2, 0) is 9.59 Å². The van der Waals surface area contributed by atoms with Crippen molar-refractivity contribution >= 4 is 11.8 Å². The van der Waals surface area contributed by atoms with Crippen LogP contribution in [0.4, 0.5) is 0 Å². The van der Waals surface area contributed by atoms with Crippen LogP contribution in [0.5, 0.6) is 0 Å². The maximum Gasteiger partial charge on any atom is 0.230 e. The zero-order valence-corrected chi connectivity index (χ0v) is 10.1. The Kier molecular flexibility index (Phi) is 2.91. The van der Waals surface area contributed by atoms with E-state index < -0.39 is 0 Å². The number of imide groups is 1. The van der Waals surface area contributed by atoms with Gasteiger partial charge in [-0.15, -0.1) is 0 Å². The molecule has 2 fully saturated rings. The summed E-state index contributed by atoms with van der Waals surface area (Å²) in [6.07, 6.45) is 3.19. The molecular weight excluding hydrogens is 232 g/mol. The molecule has 1 aromatic rings. The molecule has 2 amide bonds. The molecule has 3 rings (SSSR count). The van der Waals surface area contributed by atoms with Crippen LogP contribution in [0.25, 0.3) is 0 Å². The fraction of sp³-hybridized carbons (Fsp3) is 0.538. The van der Waals surface area contributed by atoms with Gasteiger partial charge in [0.2, 0.25) is 11.8 Å². The minimum atomic E-state index is -0.0920. The highest BCUT2D eigenvalue weighted by Gasteiger charge is 2.39. The van der Waals surface area contributed by atoms with Gasteiger partial charge in [0, 0.05) is 25.3 Å². The summed E-state index contributed by atoms with van der Waals surface area (Å²) in [5.41, 5.74) is 0. The minimum absolute atomic E-state index is 0.0440. The Morgan fingerprint density at radius 1 is 1.28 bits per heavy atom. The van der Waals surface area contributed by atoms with Crippen molar-refractivity contribution in [2.75, 3.05) is 13.1 Å². The highest BCUT2D eigenvalue weighted by molar-refractivity contribution is 5.99. The number of carbonyl (C=O) groups excluding carboxylic acids is 2. The molecule has 0 aromatic carbocycles. The van der Waals surface area contributed by atoms with Gasteiger partial charge in [-0.3, -0.25) is 14.5 Å². The SMILES string of the molecule is O=C1CC(c2ccco2)CC(=O)N1C1CCNC1. The molecule has 5 nitrogen and oxygen atoms in total. The van der Waals surface area contributed by atoms with E-state index in [0.29, 0.717) is 12.8 Å². The van der Waals surface area contributed by atoms with Crippen LogP contribution in [0.1, 0.15) is 30.9 Å². The lowest BCUT2D eigenvalue weighted by Crippen LogP contribution is -2.49. The van der Waals surface area contributed by atoms with E-state index in [1.54, 1.807) is 12.3 Å². The highest BCUT2D eigenvalue weighted by atomic mass is 16.3. The first-order valence-corrected chi connectivity index (χ1v) is 6.34. The normalized spacial score (nSPS) is 26.0. The second-order valence-corrected chi connectivity index (χ2v) is 4.92. The smallest absolute Gasteiger partial charge is 0.230 e. The van der Waals surface area contributed by atoms with Crippen LogP contribution in [0.2, 0.25) is 0 Å². The molecule has 2 aliphatic heterocycles. The summed E-state index contributed by atoms with van der Waals surface area (Å²) < 4.78 is 5.30. The first-order chi connectivity index (χ1) is 8.75. The van der Waals surface area contributed by atoms with E-state index in [-0.39, 0.29) is 23.8 Å². The second-order valence-electron chi connectivity index (χ2n) is 4.92. The Hall–Kier alpha value is -1.62. The van der Waals surface area contributed by atoms with E-state index in [4.69, 9.17) is 4.42 Å². The minimum Gasteiger partial charge on any atom is -0.469 e. The molecule has 1 aromatic heterocycles. The first kappa shape index (κ1) is 11.5. The van der Waals surface area contributed by atoms with Crippen molar-refractivity contribution < 1.29 is 14.0 Å². The first-order valence-electron chi connectivity index (χ1n) is 6.34. The molecule has 1 N–H and O–H groups in total. The summed E-state index contributed by atoms with van der Waals surface area (Å²) in [5.74, 6) is 0.509. The molecule has 2 aliphatic rings. The Morgan fingerprint density at radius 2 is 2.06 bits per heavy atom. The summed E-state index contributed by atoms with van der Waals surface area (Å²) in [6.45, 7) is 1.60. The van der Waals surface area contributed by atoms with E-state index >= 15 is 0 Å². The highest BCUT2D eigenvalue weighted by Crippen LogP contribution is 2.31. The molecule has 3 heterocycles. The molecule has 0 radical (unpaired) electrons. The number of nitrogens with one attached hydrogen (secondary N) is 1. The van der Waals surface area contributed by atoms with Crippen molar-refractivity contribution in [3.63, 3.8) is 0 Å². The lowest BCUT2D eigenvalue weighted by molar-refractivity contribution is -0.151. The maximum atomic E-state index is 12.1. The maximum absolute atomic E-state index is 12.1. The van der Waals surface area contributed by atoms with Crippen LogP contribution >= 0.6 is 0 Å². The molecule has 18 heavy (non-hydrogen) atoms. The van der Waals surface area contributed by atoms with Gasteiger partial charge in [-0.05, 0) is 25.1 Å². The van der Waals surface area contributed by atoms with E-state index in [1.165, 1.54) is 4.90 Å². The predicted molar refractivity (Wildman–Crippen MR) is 63.8 cm³/mol. The molecule has 2 saturated heterocycles. The molecule has 0 saturated carbocycles. The topological polar surface area (TPSA) is 62.6 Å². The number of amides is 2. The number of nitrogens with zero attached hydrogens (tertiary/aromatic N) is 1. The van der Waals surface area contributed by atoms with Crippen molar-refractivity contribution in [2.45, 2.75) is 31.2 Å². The van der Waals surface area contributed by atoms with Crippen molar-refractivity contribution in [2.24, 2.45) is 0 Å². The fourth-order valence-corrected chi connectivity index (χ4v) is 2.82. The van der Waals surface area contributed by atoms with Gasteiger partial charge in [0.15, 0.2) is 0 Å². The zero-order valence-electron chi connectivity index (χ0n) is 10.1. The Labute approximate surface area is 105 Å². The molecule has 96 valence electrons. The summed E-state index contributed by atoms with van der Waals surface area (Å²) >= 11 is 0. The number of furan rings is 1. The van der Waals surface area contributed by atoms with Gasteiger partial charge in [-0.2, -0.15) is 0 Å². The summed E-state index contributed by atoms with van der Waals surface area (Å²) in [7, 11) is 0. The average molecular weight is 248 g/mol. The molecule has 0 spiro atoms. The molecule has 0 aliphatic carbocycles. The zero-order chi connectivity index (χ0) is 12.5.